The van der Waals surface area contributed by atoms with Gasteiger partial charge in [0.05, 0.1) is 5.75 Å². The van der Waals surface area contributed by atoms with Crippen LogP contribution < -0.4 is 11.1 Å². The largest absolute Gasteiger partial charge is 0.367 e. The summed E-state index contributed by atoms with van der Waals surface area (Å²) in [5.74, 6) is -0.232. The van der Waals surface area contributed by atoms with Gasteiger partial charge in [0.2, 0.25) is 11.9 Å². The van der Waals surface area contributed by atoms with Crippen LogP contribution >= 0.6 is 0 Å². The molecule has 0 aliphatic rings. The highest BCUT2D eigenvalue weighted by Crippen LogP contribution is 1.90. The standard InChI is InChI=1S/C8H15N5O3S/c1-2-17(15,16)4-3-10-7(14)5-13-6-11-8(9)12-13/h6H,2-5H2,1H3,(H2,9,12)(H,10,14). The van der Waals surface area contributed by atoms with Crippen molar-refractivity contribution in [3.8, 4) is 0 Å². The van der Waals surface area contributed by atoms with Crippen molar-refractivity contribution in [1.29, 1.82) is 0 Å². The monoisotopic (exact) mass is 261 g/mol. The van der Waals surface area contributed by atoms with E-state index in [4.69, 9.17) is 5.73 Å². The van der Waals surface area contributed by atoms with Gasteiger partial charge in [0.25, 0.3) is 0 Å². The van der Waals surface area contributed by atoms with Crippen molar-refractivity contribution in [2.24, 2.45) is 0 Å². The quantitative estimate of drug-likeness (QED) is 0.637. The molecule has 0 fully saturated rings. The maximum absolute atomic E-state index is 11.4. The zero-order chi connectivity index (χ0) is 12.9. The van der Waals surface area contributed by atoms with Gasteiger partial charge >= 0.3 is 0 Å². The number of sulfone groups is 1. The van der Waals surface area contributed by atoms with Gasteiger partial charge in [-0.2, -0.15) is 0 Å². The topological polar surface area (TPSA) is 120 Å². The summed E-state index contributed by atoms with van der Waals surface area (Å²) in [5, 5.41) is 6.21. The van der Waals surface area contributed by atoms with Crippen molar-refractivity contribution in [2.45, 2.75) is 13.5 Å². The number of nitrogens with one attached hydrogen (secondary N) is 1. The van der Waals surface area contributed by atoms with Crippen molar-refractivity contribution in [1.82, 2.24) is 20.1 Å². The number of hydrogen-bond donors (Lipinski definition) is 2. The molecular formula is C8H15N5O3S. The summed E-state index contributed by atoms with van der Waals surface area (Å²) in [6.45, 7) is 1.63. The van der Waals surface area contributed by atoms with E-state index in [2.05, 4.69) is 15.4 Å². The van der Waals surface area contributed by atoms with Crippen molar-refractivity contribution in [3.63, 3.8) is 0 Å². The van der Waals surface area contributed by atoms with Gasteiger partial charge in [0.15, 0.2) is 9.84 Å². The van der Waals surface area contributed by atoms with Crippen molar-refractivity contribution >= 4 is 21.7 Å². The minimum absolute atomic E-state index is 0.0314. The molecule has 0 bridgehead atoms. The SMILES string of the molecule is CCS(=O)(=O)CCNC(=O)Cn1cnc(N)n1. The summed E-state index contributed by atoms with van der Waals surface area (Å²) in [5.41, 5.74) is 5.28. The number of hydrogen-bond acceptors (Lipinski definition) is 6. The Labute approximate surface area is 99.1 Å². The molecule has 17 heavy (non-hydrogen) atoms. The van der Waals surface area contributed by atoms with Gasteiger partial charge in [0, 0.05) is 12.3 Å². The Morgan fingerprint density at radius 1 is 1.59 bits per heavy atom. The molecule has 9 heteroatoms. The highest BCUT2D eigenvalue weighted by molar-refractivity contribution is 7.91. The number of nitrogen functional groups attached to an aromatic ring is 1. The van der Waals surface area contributed by atoms with E-state index in [1.54, 1.807) is 6.92 Å². The average Bonchev–Trinajstić information content (AvgIpc) is 2.63. The summed E-state index contributed by atoms with van der Waals surface area (Å²) in [6, 6.07) is 0. The van der Waals surface area contributed by atoms with Gasteiger partial charge in [-0.1, -0.05) is 6.92 Å². The predicted molar refractivity (Wildman–Crippen MR) is 61.8 cm³/mol. The Hall–Kier alpha value is -1.64. The van der Waals surface area contributed by atoms with Crippen LogP contribution in [0.4, 0.5) is 5.95 Å². The maximum Gasteiger partial charge on any atom is 0.241 e. The zero-order valence-electron chi connectivity index (χ0n) is 9.46. The highest BCUT2D eigenvalue weighted by Gasteiger charge is 2.09. The lowest BCUT2D eigenvalue weighted by Crippen LogP contribution is -2.32. The summed E-state index contributed by atoms with van der Waals surface area (Å²) >= 11 is 0. The van der Waals surface area contributed by atoms with Crippen molar-refractivity contribution in [3.05, 3.63) is 6.33 Å². The van der Waals surface area contributed by atoms with Gasteiger partial charge in [-0.05, 0) is 0 Å². The van der Waals surface area contributed by atoms with Gasteiger partial charge in [0.1, 0.15) is 12.9 Å². The lowest BCUT2D eigenvalue weighted by Gasteiger charge is -2.04. The number of carbonyl (C=O) groups excluding carboxylic acids is 1. The molecular weight excluding hydrogens is 246 g/mol. The van der Waals surface area contributed by atoms with Crippen LogP contribution in [-0.4, -0.2) is 47.1 Å². The molecule has 3 N–H and O–H groups in total. The van der Waals surface area contributed by atoms with E-state index < -0.39 is 9.84 Å². The molecule has 1 rings (SSSR count). The third-order valence-electron chi connectivity index (χ3n) is 2.03. The summed E-state index contributed by atoms with van der Waals surface area (Å²) < 4.78 is 23.6. The molecule has 0 radical (unpaired) electrons. The summed E-state index contributed by atoms with van der Waals surface area (Å²) in [4.78, 5) is 15.0. The second kappa shape index (κ2) is 5.62. The highest BCUT2D eigenvalue weighted by atomic mass is 32.2. The fourth-order valence-corrected chi connectivity index (χ4v) is 1.78. The molecule has 0 spiro atoms. The number of nitrogens with two attached hydrogens (primary N) is 1. The molecule has 0 saturated carbocycles. The van der Waals surface area contributed by atoms with E-state index in [1.807, 2.05) is 0 Å². The first-order valence-electron chi connectivity index (χ1n) is 5.05. The van der Waals surface area contributed by atoms with Crippen LogP contribution in [0.2, 0.25) is 0 Å². The van der Waals surface area contributed by atoms with Gasteiger partial charge in [-0.3, -0.25) is 4.79 Å². The normalized spacial score (nSPS) is 11.4. The van der Waals surface area contributed by atoms with Crippen LogP contribution in [0.5, 0.6) is 0 Å². The third kappa shape index (κ3) is 4.81. The molecule has 8 nitrogen and oxygen atoms in total. The Balaban J connectivity index is 2.31. The molecule has 0 unspecified atom stereocenters. The smallest absolute Gasteiger partial charge is 0.241 e. The van der Waals surface area contributed by atoms with E-state index in [-0.39, 0.29) is 36.5 Å². The number of carbonyl (C=O) groups is 1. The maximum atomic E-state index is 11.4. The lowest BCUT2D eigenvalue weighted by atomic mass is 10.5. The lowest BCUT2D eigenvalue weighted by molar-refractivity contribution is -0.121. The predicted octanol–water partition coefficient (Wildman–Crippen LogP) is -1.59. The number of aromatic nitrogens is 3. The Morgan fingerprint density at radius 2 is 2.29 bits per heavy atom. The van der Waals surface area contributed by atoms with E-state index in [1.165, 1.54) is 11.0 Å². The molecule has 1 amide bonds. The number of rotatable bonds is 6. The minimum Gasteiger partial charge on any atom is -0.367 e. The molecule has 1 aromatic heterocycles. The molecule has 0 aliphatic carbocycles. The van der Waals surface area contributed by atoms with Crippen molar-refractivity contribution < 1.29 is 13.2 Å². The van der Waals surface area contributed by atoms with Crippen LogP contribution in [0.15, 0.2) is 6.33 Å². The van der Waals surface area contributed by atoms with Crippen LogP contribution in [0, 0.1) is 0 Å². The van der Waals surface area contributed by atoms with Crippen LogP contribution in [-0.2, 0) is 21.2 Å². The minimum atomic E-state index is -3.05. The zero-order valence-corrected chi connectivity index (χ0v) is 10.3. The molecule has 0 aliphatic heterocycles. The fraction of sp³-hybridized carbons (Fsp3) is 0.625. The molecule has 0 saturated heterocycles. The van der Waals surface area contributed by atoms with E-state index in [9.17, 15) is 13.2 Å². The number of nitrogens with zero attached hydrogens (tertiary/aromatic N) is 3. The Bertz CT molecular complexity index is 481. The van der Waals surface area contributed by atoms with Gasteiger partial charge in [-0.15, -0.1) is 5.10 Å². The van der Waals surface area contributed by atoms with Crippen LogP contribution in [0.3, 0.4) is 0 Å². The summed E-state index contributed by atoms with van der Waals surface area (Å²) in [7, 11) is -3.05. The third-order valence-corrected chi connectivity index (χ3v) is 3.74. The van der Waals surface area contributed by atoms with Crippen molar-refractivity contribution in [2.75, 3.05) is 23.8 Å². The fourth-order valence-electron chi connectivity index (χ4n) is 1.08. The average molecular weight is 261 g/mol. The summed E-state index contributed by atoms with van der Waals surface area (Å²) in [6.07, 6.45) is 1.33. The van der Waals surface area contributed by atoms with E-state index in [0.717, 1.165) is 0 Å². The number of amides is 1. The first kappa shape index (κ1) is 13.4. The molecule has 1 heterocycles. The number of anilines is 1. The second-order valence-corrected chi connectivity index (χ2v) is 5.86. The first-order valence-corrected chi connectivity index (χ1v) is 6.87. The molecule has 1 aromatic rings. The van der Waals surface area contributed by atoms with Crippen LogP contribution in [0.25, 0.3) is 0 Å². The Kier molecular flexibility index (Phi) is 4.44. The van der Waals surface area contributed by atoms with Gasteiger partial charge < -0.3 is 11.1 Å². The van der Waals surface area contributed by atoms with Crippen LogP contribution in [0.1, 0.15) is 6.92 Å². The molecule has 96 valence electrons. The van der Waals surface area contributed by atoms with E-state index in [0.29, 0.717) is 0 Å². The second-order valence-electron chi connectivity index (χ2n) is 3.39. The van der Waals surface area contributed by atoms with E-state index >= 15 is 0 Å². The van der Waals surface area contributed by atoms with Gasteiger partial charge in [-0.25, -0.2) is 18.1 Å². The molecule has 0 aromatic carbocycles. The molecule has 0 atom stereocenters. The Morgan fingerprint density at radius 3 is 2.82 bits per heavy atom. The first-order chi connectivity index (χ1) is 7.93.